The number of ketones is 1. The summed E-state index contributed by atoms with van der Waals surface area (Å²) < 4.78 is 6.43. The van der Waals surface area contributed by atoms with E-state index in [1.54, 1.807) is 12.2 Å². The lowest BCUT2D eigenvalue weighted by Crippen LogP contribution is -2.36. The molecular formula is C14H19IO3. The van der Waals surface area contributed by atoms with E-state index < -0.39 is 11.0 Å². The van der Waals surface area contributed by atoms with Gasteiger partial charge in [-0.15, -0.1) is 0 Å². The van der Waals surface area contributed by atoms with Crippen molar-refractivity contribution in [3.05, 3.63) is 24.3 Å². The van der Waals surface area contributed by atoms with Gasteiger partial charge in [0, 0.05) is 0 Å². The van der Waals surface area contributed by atoms with Crippen LogP contribution in [0.15, 0.2) is 24.3 Å². The van der Waals surface area contributed by atoms with E-state index in [1.165, 1.54) is 12.2 Å². The van der Waals surface area contributed by atoms with Crippen LogP contribution in [0.2, 0.25) is 0 Å². The highest BCUT2D eigenvalue weighted by molar-refractivity contribution is 14.1. The third kappa shape index (κ3) is 4.23. The summed E-state index contributed by atoms with van der Waals surface area (Å²) >= 11 is 2.28. The quantitative estimate of drug-likeness (QED) is 0.438. The van der Waals surface area contributed by atoms with E-state index in [9.17, 15) is 9.59 Å². The van der Waals surface area contributed by atoms with Crippen LogP contribution in [0.1, 0.15) is 33.6 Å². The van der Waals surface area contributed by atoms with Crippen molar-refractivity contribution in [2.75, 3.05) is 4.43 Å². The summed E-state index contributed by atoms with van der Waals surface area (Å²) in [5.41, 5.74) is -1.29. The van der Waals surface area contributed by atoms with Gasteiger partial charge >= 0.3 is 5.97 Å². The van der Waals surface area contributed by atoms with Crippen LogP contribution in [0.4, 0.5) is 0 Å². The van der Waals surface area contributed by atoms with Crippen LogP contribution in [-0.4, -0.2) is 21.8 Å². The molecule has 0 N–H and O–H groups in total. The number of hydrogen-bond acceptors (Lipinski definition) is 3. The lowest BCUT2D eigenvalue weighted by atomic mass is 9.80. The molecule has 100 valence electrons. The van der Waals surface area contributed by atoms with Crippen LogP contribution in [0.5, 0.6) is 0 Å². The van der Waals surface area contributed by atoms with Crippen LogP contribution in [-0.2, 0) is 14.3 Å². The SMILES string of the molecule is CC(C)(C)OC(=O)C1(CCCI)C=CC(=O)C=C1. The van der Waals surface area contributed by atoms with Gasteiger partial charge in [0.25, 0.3) is 0 Å². The molecule has 0 saturated heterocycles. The van der Waals surface area contributed by atoms with Crippen molar-refractivity contribution in [2.45, 2.75) is 39.2 Å². The molecule has 0 spiro atoms. The standard InChI is InChI=1S/C14H19IO3/c1-13(2,3)18-12(17)14(7-4-10-15)8-5-11(16)6-9-14/h5-6,8-9H,4,7,10H2,1-3H3. The third-order valence-corrected chi connectivity index (χ3v) is 3.36. The lowest BCUT2D eigenvalue weighted by molar-refractivity contribution is -0.162. The van der Waals surface area contributed by atoms with Gasteiger partial charge in [-0.3, -0.25) is 9.59 Å². The zero-order valence-corrected chi connectivity index (χ0v) is 13.2. The molecule has 1 aliphatic rings. The van der Waals surface area contributed by atoms with E-state index in [2.05, 4.69) is 22.6 Å². The van der Waals surface area contributed by atoms with Crippen molar-refractivity contribution < 1.29 is 14.3 Å². The molecule has 1 aliphatic carbocycles. The Bertz CT molecular complexity index is 372. The zero-order valence-electron chi connectivity index (χ0n) is 11.0. The second kappa shape index (κ2) is 5.99. The molecule has 0 aromatic heterocycles. The van der Waals surface area contributed by atoms with Crippen LogP contribution in [0.3, 0.4) is 0 Å². The summed E-state index contributed by atoms with van der Waals surface area (Å²) in [5, 5.41) is 0. The Morgan fingerprint density at radius 1 is 1.33 bits per heavy atom. The van der Waals surface area contributed by atoms with E-state index in [0.717, 1.165) is 10.8 Å². The summed E-state index contributed by atoms with van der Waals surface area (Å²) in [5.74, 6) is -0.358. The smallest absolute Gasteiger partial charge is 0.320 e. The topological polar surface area (TPSA) is 43.4 Å². The van der Waals surface area contributed by atoms with Crippen LogP contribution >= 0.6 is 22.6 Å². The van der Waals surface area contributed by atoms with Gasteiger partial charge in [-0.25, -0.2) is 0 Å². The molecule has 0 aliphatic heterocycles. The highest BCUT2D eigenvalue weighted by atomic mass is 127. The van der Waals surface area contributed by atoms with Gasteiger partial charge in [0.2, 0.25) is 0 Å². The van der Waals surface area contributed by atoms with Crippen molar-refractivity contribution in [2.24, 2.45) is 5.41 Å². The van der Waals surface area contributed by atoms with Crippen molar-refractivity contribution in [1.82, 2.24) is 0 Å². The van der Waals surface area contributed by atoms with Gasteiger partial charge in [0.15, 0.2) is 5.78 Å². The van der Waals surface area contributed by atoms with Gasteiger partial charge in [-0.2, -0.15) is 0 Å². The van der Waals surface area contributed by atoms with Crippen molar-refractivity contribution in [3.8, 4) is 0 Å². The predicted molar refractivity (Wildman–Crippen MR) is 79.7 cm³/mol. The molecule has 3 nitrogen and oxygen atoms in total. The maximum atomic E-state index is 12.3. The molecule has 1 rings (SSSR count). The van der Waals surface area contributed by atoms with E-state index in [4.69, 9.17) is 4.74 Å². The van der Waals surface area contributed by atoms with Crippen LogP contribution in [0.25, 0.3) is 0 Å². The Morgan fingerprint density at radius 3 is 2.33 bits per heavy atom. The average molecular weight is 362 g/mol. The highest BCUT2D eigenvalue weighted by Crippen LogP contribution is 2.33. The first-order valence-corrected chi connectivity index (χ1v) is 7.53. The molecule has 0 atom stereocenters. The maximum absolute atomic E-state index is 12.3. The number of alkyl halides is 1. The number of carbonyl (C=O) groups is 2. The third-order valence-electron chi connectivity index (χ3n) is 2.59. The molecule has 18 heavy (non-hydrogen) atoms. The minimum atomic E-state index is -0.771. The van der Waals surface area contributed by atoms with Gasteiger partial charge < -0.3 is 4.74 Å². The zero-order chi connectivity index (χ0) is 13.8. The molecule has 0 aromatic carbocycles. The fourth-order valence-electron chi connectivity index (χ4n) is 1.71. The predicted octanol–water partition coefficient (Wildman–Crippen LogP) is 3.22. The van der Waals surface area contributed by atoms with Gasteiger partial charge in [0.05, 0.1) is 0 Å². The monoisotopic (exact) mass is 362 g/mol. The van der Waals surface area contributed by atoms with E-state index in [0.29, 0.717) is 6.42 Å². The van der Waals surface area contributed by atoms with Crippen molar-refractivity contribution in [3.63, 3.8) is 0 Å². The molecule has 0 radical (unpaired) electrons. The fraction of sp³-hybridized carbons (Fsp3) is 0.571. The number of hydrogen-bond donors (Lipinski definition) is 0. The molecule has 4 heteroatoms. The Labute approximate surface area is 122 Å². The highest BCUT2D eigenvalue weighted by Gasteiger charge is 2.38. The molecule has 0 saturated carbocycles. The van der Waals surface area contributed by atoms with Gasteiger partial charge in [0.1, 0.15) is 11.0 Å². The molecule has 0 fully saturated rings. The molecule has 0 amide bonds. The number of ether oxygens (including phenoxy) is 1. The lowest BCUT2D eigenvalue weighted by Gasteiger charge is -2.30. The number of esters is 1. The summed E-state index contributed by atoms with van der Waals surface area (Å²) in [6.45, 7) is 5.54. The minimum absolute atomic E-state index is 0.0799. The fourth-order valence-corrected chi connectivity index (χ4v) is 2.09. The largest absolute Gasteiger partial charge is 0.459 e. The molecule has 0 aromatic rings. The summed E-state index contributed by atoms with van der Waals surface area (Å²) in [4.78, 5) is 23.5. The second-order valence-electron chi connectivity index (χ2n) is 5.40. The first-order valence-electron chi connectivity index (χ1n) is 6.01. The van der Waals surface area contributed by atoms with Gasteiger partial charge in [-0.1, -0.05) is 34.7 Å². The maximum Gasteiger partial charge on any atom is 0.320 e. The summed E-state index contributed by atoms with van der Waals surface area (Å²) in [6, 6.07) is 0. The van der Waals surface area contributed by atoms with E-state index >= 15 is 0 Å². The molecular weight excluding hydrogens is 343 g/mol. The van der Waals surface area contributed by atoms with E-state index in [1.807, 2.05) is 20.8 Å². The Hall–Kier alpha value is -0.650. The van der Waals surface area contributed by atoms with Crippen LogP contribution < -0.4 is 0 Å². The van der Waals surface area contributed by atoms with Crippen molar-refractivity contribution in [1.29, 1.82) is 0 Å². The normalized spacial score (nSPS) is 17.9. The Morgan fingerprint density at radius 2 is 1.89 bits per heavy atom. The van der Waals surface area contributed by atoms with Crippen molar-refractivity contribution >= 4 is 34.3 Å². The second-order valence-corrected chi connectivity index (χ2v) is 6.48. The first kappa shape index (κ1) is 15.4. The first-order chi connectivity index (χ1) is 8.29. The number of allylic oxidation sites excluding steroid dienone is 2. The Kier molecular flexibility index (Phi) is 5.13. The van der Waals surface area contributed by atoms with E-state index in [-0.39, 0.29) is 11.8 Å². The molecule has 0 heterocycles. The number of rotatable bonds is 4. The average Bonchev–Trinajstić information content (AvgIpc) is 2.26. The summed E-state index contributed by atoms with van der Waals surface area (Å²) in [6.07, 6.45) is 7.84. The minimum Gasteiger partial charge on any atom is -0.459 e. The summed E-state index contributed by atoms with van der Waals surface area (Å²) in [7, 11) is 0. The Balaban J connectivity index is 2.92. The number of halogens is 1. The number of carbonyl (C=O) groups excluding carboxylic acids is 2. The van der Waals surface area contributed by atoms with Crippen LogP contribution in [0, 0.1) is 5.41 Å². The molecule has 0 unspecified atom stereocenters. The van der Waals surface area contributed by atoms with Gasteiger partial charge in [-0.05, 0) is 50.2 Å². The molecule has 0 bridgehead atoms.